The van der Waals surface area contributed by atoms with Crippen LogP contribution < -0.4 is 5.32 Å². The van der Waals surface area contributed by atoms with Crippen LogP contribution in [-0.2, 0) is 0 Å². The Bertz CT molecular complexity index is 645. The maximum Gasteiger partial charge on any atom is 0.257 e. The third-order valence-electron chi connectivity index (χ3n) is 2.13. The Kier molecular flexibility index (Phi) is 3.35. The highest BCUT2D eigenvalue weighted by Gasteiger charge is 2.10. The van der Waals surface area contributed by atoms with E-state index in [2.05, 4.69) is 10.3 Å². The summed E-state index contributed by atoms with van der Waals surface area (Å²) in [5.74, 6) is -1.10. The van der Waals surface area contributed by atoms with Gasteiger partial charge >= 0.3 is 0 Å². The van der Waals surface area contributed by atoms with Crippen molar-refractivity contribution >= 4 is 22.4 Å². The normalized spacial score (nSPS) is 9.83. The predicted octanol–water partition coefficient (Wildman–Crippen LogP) is 2.71. The second kappa shape index (κ2) is 4.94. The fourth-order valence-corrected chi connectivity index (χ4v) is 2.03. The highest BCUT2D eigenvalue weighted by atomic mass is 32.1. The van der Waals surface area contributed by atoms with Crippen LogP contribution in [0.15, 0.2) is 24.4 Å². The van der Waals surface area contributed by atoms with Crippen molar-refractivity contribution in [3.05, 3.63) is 46.2 Å². The molecule has 1 aromatic carbocycles. The van der Waals surface area contributed by atoms with E-state index >= 15 is 0 Å². The molecule has 0 aliphatic heterocycles. The van der Waals surface area contributed by atoms with Gasteiger partial charge in [0.1, 0.15) is 5.82 Å². The van der Waals surface area contributed by atoms with Crippen LogP contribution in [0.5, 0.6) is 0 Å². The fourth-order valence-electron chi connectivity index (χ4n) is 1.37. The lowest BCUT2D eigenvalue weighted by molar-refractivity contribution is 0.102. The number of amides is 1. The van der Waals surface area contributed by atoms with Crippen molar-refractivity contribution in [2.45, 2.75) is 6.92 Å². The molecule has 1 aromatic heterocycles. The van der Waals surface area contributed by atoms with Gasteiger partial charge in [-0.3, -0.25) is 10.1 Å². The molecule has 0 aliphatic carbocycles. The quantitative estimate of drug-likeness (QED) is 0.903. The fraction of sp³-hybridized carbons (Fsp3) is 0.0833. The van der Waals surface area contributed by atoms with Crippen LogP contribution in [0.25, 0.3) is 0 Å². The van der Waals surface area contributed by atoms with Crippen molar-refractivity contribution in [2.75, 3.05) is 5.32 Å². The molecular formula is C12H8FN3OS. The number of nitriles is 1. The summed E-state index contributed by atoms with van der Waals surface area (Å²) in [6, 6.07) is 5.28. The minimum absolute atomic E-state index is 0.0967. The Labute approximate surface area is 107 Å². The maximum atomic E-state index is 13.2. The van der Waals surface area contributed by atoms with Crippen LogP contribution in [0, 0.1) is 24.1 Å². The summed E-state index contributed by atoms with van der Waals surface area (Å²) in [5, 5.41) is 11.7. The zero-order valence-corrected chi connectivity index (χ0v) is 10.2. The lowest BCUT2D eigenvalue weighted by atomic mass is 10.1. The summed E-state index contributed by atoms with van der Waals surface area (Å²) in [5.41, 5.74) is 0.204. The highest BCUT2D eigenvalue weighted by molar-refractivity contribution is 7.15. The van der Waals surface area contributed by atoms with Gasteiger partial charge in [-0.05, 0) is 25.1 Å². The van der Waals surface area contributed by atoms with Crippen LogP contribution in [0.1, 0.15) is 20.8 Å². The first-order chi connectivity index (χ1) is 8.58. The summed E-state index contributed by atoms with van der Waals surface area (Å²) < 4.78 is 13.2. The number of nitrogens with zero attached hydrogens (tertiary/aromatic N) is 2. The monoisotopic (exact) mass is 261 g/mol. The lowest BCUT2D eigenvalue weighted by Gasteiger charge is -2.02. The molecule has 0 aliphatic rings. The molecule has 0 bridgehead atoms. The Morgan fingerprint density at radius 3 is 2.89 bits per heavy atom. The van der Waals surface area contributed by atoms with Gasteiger partial charge in [0.05, 0.1) is 11.6 Å². The van der Waals surface area contributed by atoms with Crippen LogP contribution in [0.4, 0.5) is 9.52 Å². The molecule has 0 saturated heterocycles. The van der Waals surface area contributed by atoms with E-state index in [9.17, 15) is 9.18 Å². The van der Waals surface area contributed by atoms with Gasteiger partial charge in [0, 0.05) is 16.6 Å². The molecule has 0 saturated carbocycles. The van der Waals surface area contributed by atoms with Gasteiger partial charge in [-0.1, -0.05) is 0 Å². The molecule has 6 heteroatoms. The molecule has 0 unspecified atom stereocenters. The SMILES string of the molecule is Cc1cnc(NC(=O)c2cc(F)cc(C#N)c2)s1. The standard InChI is InChI=1S/C12H8FN3OS/c1-7-6-15-12(18-7)16-11(17)9-2-8(5-14)3-10(13)4-9/h2-4,6H,1H3,(H,15,16,17). The van der Waals surface area contributed by atoms with Gasteiger partial charge < -0.3 is 0 Å². The average molecular weight is 261 g/mol. The number of aromatic nitrogens is 1. The van der Waals surface area contributed by atoms with Crippen molar-refractivity contribution in [1.29, 1.82) is 5.26 Å². The van der Waals surface area contributed by atoms with Crippen molar-refractivity contribution in [3.63, 3.8) is 0 Å². The van der Waals surface area contributed by atoms with Crippen LogP contribution in [0.3, 0.4) is 0 Å². The average Bonchev–Trinajstić information content (AvgIpc) is 2.73. The second-order valence-corrected chi connectivity index (χ2v) is 4.81. The van der Waals surface area contributed by atoms with Crippen LogP contribution in [0.2, 0.25) is 0 Å². The van der Waals surface area contributed by atoms with Gasteiger partial charge in [-0.2, -0.15) is 5.26 Å². The summed E-state index contributed by atoms with van der Waals surface area (Å²) in [7, 11) is 0. The first-order valence-corrected chi connectivity index (χ1v) is 5.84. The van der Waals surface area contributed by atoms with Crippen molar-refractivity contribution < 1.29 is 9.18 Å². The molecule has 0 fully saturated rings. The summed E-state index contributed by atoms with van der Waals surface area (Å²) in [6.07, 6.45) is 1.63. The van der Waals surface area contributed by atoms with Gasteiger partial charge in [-0.15, -0.1) is 11.3 Å². The molecule has 0 radical (unpaired) electrons. The first-order valence-electron chi connectivity index (χ1n) is 5.03. The van der Waals surface area contributed by atoms with Gasteiger partial charge in [0.15, 0.2) is 5.13 Å². The number of aryl methyl sites for hydroxylation is 1. The number of carbonyl (C=O) groups is 1. The number of hydrogen-bond donors (Lipinski definition) is 1. The zero-order chi connectivity index (χ0) is 13.1. The molecular weight excluding hydrogens is 253 g/mol. The zero-order valence-electron chi connectivity index (χ0n) is 9.40. The molecule has 0 spiro atoms. The minimum atomic E-state index is -0.616. The van der Waals surface area contributed by atoms with E-state index < -0.39 is 11.7 Å². The Morgan fingerprint density at radius 2 is 2.28 bits per heavy atom. The number of nitrogens with one attached hydrogen (secondary N) is 1. The molecule has 18 heavy (non-hydrogen) atoms. The largest absolute Gasteiger partial charge is 0.298 e. The molecule has 1 heterocycles. The number of hydrogen-bond acceptors (Lipinski definition) is 4. The number of rotatable bonds is 2. The van der Waals surface area contributed by atoms with Crippen LogP contribution >= 0.6 is 11.3 Å². The summed E-state index contributed by atoms with van der Waals surface area (Å²) in [6.45, 7) is 1.86. The molecule has 2 rings (SSSR count). The van der Waals surface area contributed by atoms with E-state index in [4.69, 9.17) is 5.26 Å². The van der Waals surface area contributed by atoms with E-state index in [1.165, 1.54) is 17.4 Å². The van der Waals surface area contributed by atoms with E-state index in [1.807, 2.05) is 6.92 Å². The van der Waals surface area contributed by atoms with Crippen molar-refractivity contribution in [2.24, 2.45) is 0 Å². The number of anilines is 1. The molecule has 0 atom stereocenters. The maximum absolute atomic E-state index is 13.2. The molecule has 1 amide bonds. The number of carbonyl (C=O) groups excluding carboxylic acids is 1. The predicted molar refractivity (Wildman–Crippen MR) is 65.9 cm³/mol. The summed E-state index contributed by atoms with van der Waals surface area (Å²) in [4.78, 5) is 16.8. The van der Waals surface area contributed by atoms with Gasteiger partial charge in [-0.25, -0.2) is 9.37 Å². The van der Waals surface area contributed by atoms with E-state index in [0.717, 1.165) is 17.0 Å². The third-order valence-corrected chi connectivity index (χ3v) is 2.96. The third kappa shape index (κ3) is 2.70. The molecule has 4 nitrogen and oxygen atoms in total. The smallest absolute Gasteiger partial charge is 0.257 e. The second-order valence-electron chi connectivity index (χ2n) is 3.57. The molecule has 90 valence electrons. The van der Waals surface area contributed by atoms with Crippen molar-refractivity contribution in [3.8, 4) is 6.07 Å². The molecule has 2 aromatic rings. The van der Waals surface area contributed by atoms with Crippen LogP contribution in [-0.4, -0.2) is 10.9 Å². The number of benzene rings is 1. The number of halogens is 1. The highest BCUT2D eigenvalue weighted by Crippen LogP contribution is 2.18. The number of thiazole rings is 1. The Morgan fingerprint density at radius 1 is 1.50 bits per heavy atom. The van der Waals surface area contributed by atoms with Crippen molar-refractivity contribution in [1.82, 2.24) is 4.98 Å². The van der Waals surface area contributed by atoms with E-state index in [0.29, 0.717) is 5.13 Å². The Hall–Kier alpha value is -2.26. The van der Waals surface area contributed by atoms with E-state index in [-0.39, 0.29) is 11.1 Å². The van der Waals surface area contributed by atoms with Gasteiger partial charge in [0.2, 0.25) is 0 Å². The lowest BCUT2D eigenvalue weighted by Crippen LogP contribution is -2.12. The van der Waals surface area contributed by atoms with E-state index in [1.54, 1.807) is 12.3 Å². The molecule has 1 N–H and O–H groups in total. The minimum Gasteiger partial charge on any atom is -0.298 e. The first kappa shape index (κ1) is 12.2. The van der Waals surface area contributed by atoms with Gasteiger partial charge in [0.25, 0.3) is 5.91 Å². The Balaban J connectivity index is 2.24. The topological polar surface area (TPSA) is 65.8 Å². The summed E-state index contributed by atoms with van der Waals surface area (Å²) >= 11 is 1.32.